The number of halogens is 3. The van der Waals surface area contributed by atoms with E-state index in [4.69, 9.17) is 0 Å². The topological polar surface area (TPSA) is 209 Å². The van der Waals surface area contributed by atoms with E-state index in [1.165, 1.54) is 0 Å². The first kappa shape index (κ1) is 26.9. The molecule has 0 saturated carbocycles. The van der Waals surface area contributed by atoms with Crippen LogP contribution in [0.2, 0.25) is 0 Å². The molecule has 0 heterocycles. The molecule has 0 radical (unpaired) electrons. The fourth-order valence-electron chi connectivity index (χ4n) is 2.09. The van der Waals surface area contributed by atoms with Crippen LogP contribution in [0, 0.1) is 0 Å². The van der Waals surface area contributed by atoms with Gasteiger partial charge in [0.2, 0.25) is 17.7 Å². The van der Waals surface area contributed by atoms with Crippen LogP contribution in [0.1, 0.15) is 51.8 Å². The average Bonchev–Trinajstić information content (AvgIpc) is 2.40. The van der Waals surface area contributed by atoms with Crippen LogP contribution in [0.5, 0.6) is 0 Å². The summed E-state index contributed by atoms with van der Waals surface area (Å²) in [6.07, 6.45) is 0. The second-order valence-electron chi connectivity index (χ2n) is 6.49. The van der Waals surface area contributed by atoms with Gasteiger partial charge >= 0.3 is 0 Å². The van der Waals surface area contributed by atoms with Gasteiger partial charge in [0.05, 0.1) is 16.7 Å². The van der Waals surface area contributed by atoms with E-state index in [1.807, 2.05) is 0 Å². The summed E-state index contributed by atoms with van der Waals surface area (Å²) < 4.78 is -0.842. The van der Waals surface area contributed by atoms with Crippen LogP contribution >= 0.6 is 47.8 Å². The zero-order chi connectivity index (χ0) is 23.8. The Morgan fingerprint density at radius 2 is 0.733 bits per heavy atom. The second kappa shape index (κ2) is 9.13. The fourth-order valence-corrected chi connectivity index (χ4v) is 5.16. The molecule has 0 unspecified atom stereocenters. The maximum absolute atomic E-state index is 12.6. The third kappa shape index (κ3) is 7.21. The average molecular weight is 624 g/mol. The smallest absolute Gasteiger partial charge is 0.257 e. The number of amides is 3. The van der Waals surface area contributed by atoms with Crippen LogP contribution in [0.25, 0.3) is 0 Å². The Balaban J connectivity index is 3.83. The lowest BCUT2D eigenvalue weighted by atomic mass is 10.0. The van der Waals surface area contributed by atoms with Crippen molar-refractivity contribution in [3.8, 4) is 0 Å². The van der Waals surface area contributed by atoms with Crippen molar-refractivity contribution in [1.82, 2.24) is 16.0 Å². The molecule has 0 aliphatic heterocycles. The lowest BCUT2D eigenvalue weighted by Crippen LogP contribution is -2.48. The van der Waals surface area contributed by atoms with Gasteiger partial charge in [0.15, 0.2) is 0 Å². The van der Waals surface area contributed by atoms with Gasteiger partial charge in [-0.15, -0.1) is 0 Å². The van der Waals surface area contributed by atoms with E-state index in [1.54, 1.807) is 16.0 Å². The van der Waals surface area contributed by atoms with Crippen molar-refractivity contribution in [2.45, 2.75) is 38.5 Å². The lowest BCUT2D eigenvalue weighted by Gasteiger charge is -2.24. The van der Waals surface area contributed by atoms with Gasteiger partial charge in [-0.05, 0) is 47.8 Å². The van der Waals surface area contributed by atoms with Gasteiger partial charge in [-0.1, -0.05) is 0 Å². The normalized spacial score (nSPS) is 12.4. The molecule has 0 aromatic heterocycles. The predicted octanol–water partition coefficient (Wildman–Crippen LogP) is -0.862. The molecular formula is C15H18Br3N3O9. The molecule has 0 aliphatic rings. The van der Waals surface area contributed by atoms with Gasteiger partial charge in [-0.3, -0.25) is 14.4 Å². The van der Waals surface area contributed by atoms with Crippen LogP contribution in [0.3, 0.4) is 0 Å². The molecule has 1 aromatic carbocycles. The molecule has 12 nitrogen and oxygen atoms in total. The Hall–Kier alpha value is -1.17. The fraction of sp³-hybridized carbons (Fsp3) is 0.400. The van der Waals surface area contributed by atoms with E-state index in [0.29, 0.717) is 0 Å². The molecule has 0 saturated heterocycles. The van der Waals surface area contributed by atoms with Gasteiger partial charge < -0.3 is 46.6 Å². The van der Waals surface area contributed by atoms with Crippen molar-refractivity contribution in [3.63, 3.8) is 0 Å². The highest BCUT2D eigenvalue weighted by Gasteiger charge is 2.35. The Morgan fingerprint density at radius 3 is 0.867 bits per heavy atom. The van der Waals surface area contributed by atoms with Crippen molar-refractivity contribution >= 4 is 65.5 Å². The van der Waals surface area contributed by atoms with Crippen molar-refractivity contribution in [1.29, 1.82) is 0 Å². The molecule has 1 aromatic rings. The summed E-state index contributed by atoms with van der Waals surface area (Å²) >= 11 is 9.02. The number of carbonyl (C=O) groups is 3. The number of benzene rings is 1. The van der Waals surface area contributed by atoms with Crippen molar-refractivity contribution in [2.24, 2.45) is 0 Å². The predicted molar refractivity (Wildman–Crippen MR) is 110 cm³/mol. The minimum Gasteiger partial charge on any atom is -0.349 e. The second-order valence-corrected chi connectivity index (χ2v) is 8.87. The van der Waals surface area contributed by atoms with E-state index < -0.39 is 52.1 Å². The number of hydrogen-bond donors (Lipinski definition) is 9. The van der Waals surface area contributed by atoms with Crippen LogP contribution in [0.15, 0.2) is 13.4 Å². The van der Waals surface area contributed by atoms with Gasteiger partial charge in [0.1, 0.15) is 0 Å². The third-order valence-electron chi connectivity index (χ3n) is 3.05. The minimum atomic E-state index is -2.67. The molecule has 1 rings (SSSR count). The van der Waals surface area contributed by atoms with Gasteiger partial charge in [0, 0.05) is 34.2 Å². The zero-order valence-electron chi connectivity index (χ0n) is 15.5. The number of hydrogen-bond acceptors (Lipinski definition) is 9. The lowest BCUT2D eigenvalue weighted by molar-refractivity contribution is -0.161. The molecule has 0 spiro atoms. The highest BCUT2D eigenvalue weighted by molar-refractivity contribution is 9.11. The maximum atomic E-state index is 12.6. The van der Waals surface area contributed by atoms with E-state index in [2.05, 4.69) is 47.8 Å². The van der Waals surface area contributed by atoms with Crippen LogP contribution in [0.4, 0.5) is 0 Å². The molecule has 0 fully saturated rings. The monoisotopic (exact) mass is 621 g/mol. The van der Waals surface area contributed by atoms with Gasteiger partial charge in [0.25, 0.3) is 17.7 Å². The summed E-state index contributed by atoms with van der Waals surface area (Å²) in [6, 6.07) is 0. The molecular weight excluding hydrogens is 606 g/mol. The Kier molecular flexibility index (Phi) is 8.18. The van der Waals surface area contributed by atoms with Gasteiger partial charge in [-0.25, -0.2) is 0 Å². The van der Waals surface area contributed by atoms with Crippen LogP contribution < -0.4 is 16.0 Å². The van der Waals surface area contributed by atoms with E-state index in [0.717, 1.165) is 20.8 Å². The molecule has 168 valence electrons. The molecule has 0 aliphatic carbocycles. The first-order valence-electron chi connectivity index (χ1n) is 7.77. The van der Waals surface area contributed by atoms with Crippen LogP contribution in [-0.2, 0) is 0 Å². The summed E-state index contributed by atoms with van der Waals surface area (Å²) in [6.45, 7) is 2.50. The summed E-state index contributed by atoms with van der Waals surface area (Å²) in [7, 11) is 0. The molecule has 0 atom stereocenters. The Bertz CT molecular complexity index is 751. The Labute approximate surface area is 194 Å². The number of rotatable bonds is 6. The number of carbonyl (C=O) groups excluding carboxylic acids is 3. The van der Waals surface area contributed by atoms with Crippen molar-refractivity contribution in [3.05, 3.63) is 30.1 Å². The highest BCUT2D eigenvalue weighted by atomic mass is 79.9. The third-order valence-corrected chi connectivity index (χ3v) is 5.43. The maximum Gasteiger partial charge on any atom is 0.257 e. The van der Waals surface area contributed by atoms with E-state index in [-0.39, 0.29) is 13.4 Å². The van der Waals surface area contributed by atoms with E-state index in [9.17, 15) is 45.0 Å². The summed E-state index contributed by atoms with van der Waals surface area (Å²) in [5.74, 6) is -11.5. The molecule has 30 heavy (non-hydrogen) atoms. The number of nitrogens with one attached hydrogen (secondary N) is 3. The van der Waals surface area contributed by atoms with Crippen molar-refractivity contribution in [2.75, 3.05) is 0 Å². The van der Waals surface area contributed by atoms with Crippen LogP contribution in [-0.4, -0.2) is 66.1 Å². The van der Waals surface area contributed by atoms with Gasteiger partial charge in [-0.2, -0.15) is 0 Å². The summed E-state index contributed by atoms with van der Waals surface area (Å²) in [4.78, 5) is 37.7. The van der Waals surface area contributed by atoms with Crippen molar-refractivity contribution < 1.29 is 45.0 Å². The quantitative estimate of drug-likeness (QED) is 0.180. The Morgan fingerprint density at radius 1 is 0.567 bits per heavy atom. The zero-order valence-corrected chi connectivity index (χ0v) is 20.3. The number of aliphatic hydroxyl groups is 6. The van der Waals surface area contributed by atoms with E-state index >= 15 is 0 Å². The highest BCUT2D eigenvalue weighted by Crippen LogP contribution is 2.39. The molecule has 9 N–H and O–H groups in total. The summed E-state index contributed by atoms with van der Waals surface area (Å²) in [5, 5.41) is 62.1. The summed E-state index contributed by atoms with van der Waals surface area (Å²) in [5.41, 5.74) is -1.42. The molecule has 15 heteroatoms. The molecule has 0 bridgehead atoms. The largest absolute Gasteiger partial charge is 0.349 e. The minimum absolute atomic E-state index is 0.281. The first-order valence-corrected chi connectivity index (χ1v) is 10.1. The molecule has 3 amide bonds. The first-order chi connectivity index (χ1) is 13.2. The SMILES string of the molecule is CC(O)(O)NC(=O)c1c(Br)c(C(=O)NC(C)(O)O)c(Br)c(C(=O)NC(C)(O)O)c1Br. The standard InChI is InChI=1S/C15H18Br3N3O9/c1-13(25,26)19-10(22)4-7(16)5(11(23)20-14(2,27)28)9(18)6(8(4)17)12(24)21-15(3,29)30/h25-30H,1-3H3,(H,19,22)(H,20,23)(H,21,24).